The molecule has 0 radical (unpaired) electrons. The Hall–Kier alpha value is -3.01. The van der Waals surface area contributed by atoms with Crippen molar-refractivity contribution in [1.82, 2.24) is 4.73 Å². The number of nitrogens with one attached hydrogen (secondary N) is 1. The molecular formula is C20H20N2O2. The fraction of sp³-hybridized carbons (Fsp3) is 0.150. The monoisotopic (exact) mass is 320 g/mol. The summed E-state index contributed by atoms with van der Waals surface area (Å²) < 4.78 is 1.06. The zero-order valence-corrected chi connectivity index (χ0v) is 13.7. The van der Waals surface area contributed by atoms with E-state index in [1.165, 1.54) is 0 Å². The van der Waals surface area contributed by atoms with E-state index in [9.17, 15) is 10.0 Å². The highest BCUT2D eigenvalue weighted by Crippen LogP contribution is 2.32. The Labute approximate surface area is 141 Å². The van der Waals surface area contributed by atoms with Gasteiger partial charge in [0.05, 0.1) is 17.5 Å². The topological polar surface area (TPSA) is 54.3 Å². The van der Waals surface area contributed by atoms with E-state index in [0.29, 0.717) is 11.3 Å². The van der Waals surface area contributed by atoms with Crippen LogP contribution < -0.4 is 5.32 Å². The molecular weight excluding hydrogens is 300 g/mol. The highest BCUT2D eigenvalue weighted by Gasteiger charge is 2.25. The Morgan fingerprint density at radius 3 is 2.17 bits per heavy atom. The van der Waals surface area contributed by atoms with Crippen molar-refractivity contribution in [2.75, 3.05) is 5.32 Å². The third kappa shape index (κ3) is 3.04. The molecule has 1 amide bonds. The fourth-order valence-electron chi connectivity index (χ4n) is 2.85. The van der Waals surface area contributed by atoms with Crippen molar-refractivity contribution in [2.45, 2.75) is 19.8 Å². The molecule has 0 spiro atoms. The van der Waals surface area contributed by atoms with Crippen molar-refractivity contribution in [3.63, 3.8) is 0 Å². The lowest BCUT2D eigenvalue weighted by atomic mass is 9.98. The first-order valence-electron chi connectivity index (χ1n) is 7.94. The summed E-state index contributed by atoms with van der Waals surface area (Å²) in [6, 6.07) is 18.9. The van der Waals surface area contributed by atoms with Crippen molar-refractivity contribution < 1.29 is 10.0 Å². The smallest absolute Gasteiger partial charge is 0.258 e. The summed E-state index contributed by atoms with van der Waals surface area (Å²) in [5.74, 6) is -0.222. The first-order valence-corrected chi connectivity index (χ1v) is 7.94. The Morgan fingerprint density at radius 1 is 1.00 bits per heavy atom. The number of carbonyl (C=O) groups is 1. The average Bonchev–Trinajstić information content (AvgIpc) is 2.94. The molecule has 3 aromatic rings. The number of para-hydroxylation sites is 1. The second kappa shape index (κ2) is 6.62. The molecule has 0 aliphatic carbocycles. The molecule has 3 rings (SSSR count). The van der Waals surface area contributed by atoms with Crippen LogP contribution in [0.4, 0.5) is 5.69 Å². The molecule has 0 saturated carbocycles. The van der Waals surface area contributed by atoms with Gasteiger partial charge in [0.1, 0.15) is 0 Å². The van der Waals surface area contributed by atoms with Crippen LogP contribution in [0.5, 0.6) is 0 Å². The quantitative estimate of drug-likeness (QED) is 0.680. The summed E-state index contributed by atoms with van der Waals surface area (Å²) in [6.07, 6.45) is 1.60. The summed E-state index contributed by atoms with van der Waals surface area (Å²) in [6.45, 7) is 3.91. The van der Waals surface area contributed by atoms with Crippen LogP contribution in [0.2, 0.25) is 0 Å². The predicted molar refractivity (Wildman–Crippen MR) is 95.5 cm³/mol. The third-order valence-electron chi connectivity index (χ3n) is 3.91. The summed E-state index contributed by atoms with van der Waals surface area (Å²) in [7, 11) is 0. The second-order valence-electron chi connectivity index (χ2n) is 5.99. The van der Waals surface area contributed by atoms with Crippen LogP contribution in [0.1, 0.15) is 35.8 Å². The molecule has 0 saturated heterocycles. The number of amides is 1. The van der Waals surface area contributed by atoms with Gasteiger partial charge in [-0.2, -0.15) is 4.73 Å². The molecule has 2 N–H and O–H groups in total. The minimum Gasteiger partial charge on any atom is -0.429 e. The number of nitrogens with zero attached hydrogens (tertiary/aromatic N) is 1. The van der Waals surface area contributed by atoms with Gasteiger partial charge in [0.25, 0.3) is 5.91 Å². The molecule has 0 unspecified atom stereocenters. The van der Waals surface area contributed by atoms with Crippen LogP contribution in [0.25, 0.3) is 11.1 Å². The first kappa shape index (κ1) is 15.9. The van der Waals surface area contributed by atoms with E-state index < -0.39 is 0 Å². The first-order chi connectivity index (χ1) is 11.6. The Balaban J connectivity index is 2.09. The summed E-state index contributed by atoms with van der Waals surface area (Å²) in [5, 5.41) is 13.2. The van der Waals surface area contributed by atoms with E-state index in [0.717, 1.165) is 21.5 Å². The lowest BCUT2D eigenvalue weighted by Crippen LogP contribution is -2.16. The fourth-order valence-corrected chi connectivity index (χ4v) is 2.85. The van der Waals surface area contributed by atoms with Gasteiger partial charge in [-0.1, -0.05) is 62.4 Å². The van der Waals surface area contributed by atoms with E-state index in [-0.39, 0.29) is 11.8 Å². The van der Waals surface area contributed by atoms with E-state index >= 15 is 0 Å². The molecule has 0 bridgehead atoms. The molecule has 2 aromatic carbocycles. The maximum atomic E-state index is 12.9. The number of rotatable bonds is 4. The van der Waals surface area contributed by atoms with Crippen molar-refractivity contribution in [2.24, 2.45) is 0 Å². The largest absolute Gasteiger partial charge is 0.429 e. The Bertz CT molecular complexity index is 837. The zero-order valence-electron chi connectivity index (χ0n) is 13.7. The zero-order chi connectivity index (χ0) is 17.1. The summed E-state index contributed by atoms with van der Waals surface area (Å²) >= 11 is 0. The molecule has 0 fully saturated rings. The van der Waals surface area contributed by atoms with Gasteiger partial charge in [-0.15, -0.1) is 0 Å². The highest BCUT2D eigenvalue weighted by atomic mass is 16.5. The lowest BCUT2D eigenvalue weighted by molar-refractivity contribution is 0.102. The van der Waals surface area contributed by atoms with E-state index in [1.807, 2.05) is 74.5 Å². The predicted octanol–water partition coefficient (Wildman–Crippen LogP) is 4.77. The van der Waals surface area contributed by atoms with Crippen molar-refractivity contribution >= 4 is 11.6 Å². The number of hydrogen-bond acceptors (Lipinski definition) is 2. The van der Waals surface area contributed by atoms with Crippen LogP contribution in [0.3, 0.4) is 0 Å². The molecule has 0 aliphatic heterocycles. The molecule has 1 aromatic heterocycles. The van der Waals surface area contributed by atoms with Gasteiger partial charge in [0, 0.05) is 11.3 Å². The Kier molecular flexibility index (Phi) is 4.38. The van der Waals surface area contributed by atoms with Crippen LogP contribution >= 0.6 is 0 Å². The van der Waals surface area contributed by atoms with E-state index in [1.54, 1.807) is 6.20 Å². The van der Waals surface area contributed by atoms with Crippen LogP contribution in [-0.4, -0.2) is 15.8 Å². The summed E-state index contributed by atoms with van der Waals surface area (Å²) in [4.78, 5) is 12.9. The van der Waals surface area contributed by atoms with Crippen molar-refractivity contribution in [1.29, 1.82) is 0 Å². The van der Waals surface area contributed by atoms with Crippen LogP contribution in [0, 0.1) is 0 Å². The van der Waals surface area contributed by atoms with Gasteiger partial charge in [-0.05, 0) is 23.6 Å². The summed E-state index contributed by atoms with van der Waals surface area (Å²) in [5.41, 5.74) is 3.44. The molecule has 4 heteroatoms. The van der Waals surface area contributed by atoms with Gasteiger partial charge < -0.3 is 10.5 Å². The van der Waals surface area contributed by atoms with Crippen molar-refractivity contribution in [3.05, 3.63) is 78.1 Å². The molecule has 24 heavy (non-hydrogen) atoms. The number of hydrogen-bond donors (Lipinski definition) is 2. The van der Waals surface area contributed by atoms with Gasteiger partial charge in [-0.3, -0.25) is 4.79 Å². The number of benzene rings is 2. The van der Waals surface area contributed by atoms with E-state index in [2.05, 4.69) is 5.32 Å². The number of carbonyl (C=O) groups excluding carboxylic acids is 1. The maximum absolute atomic E-state index is 12.9. The lowest BCUT2D eigenvalue weighted by Gasteiger charge is -2.12. The third-order valence-corrected chi connectivity index (χ3v) is 3.91. The average molecular weight is 320 g/mol. The Morgan fingerprint density at radius 2 is 1.58 bits per heavy atom. The number of anilines is 1. The van der Waals surface area contributed by atoms with Crippen LogP contribution in [0.15, 0.2) is 66.9 Å². The van der Waals surface area contributed by atoms with Crippen molar-refractivity contribution in [3.8, 4) is 11.1 Å². The molecule has 1 heterocycles. The van der Waals surface area contributed by atoms with Gasteiger partial charge in [-0.25, -0.2) is 0 Å². The normalized spacial score (nSPS) is 10.8. The van der Waals surface area contributed by atoms with Crippen LogP contribution in [-0.2, 0) is 0 Å². The standard InChI is InChI=1S/C20H20N2O2/c1-14(2)19-18(20(23)21-16-11-7-4-8-12-16)17(13-22(19)24)15-9-5-3-6-10-15/h3-14,24H,1-2H3,(H,21,23). The second-order valence-corrected chi connectivity index (χ2v) is 5.99. The van der Waals surface area contributed by atoms with Gasteiger partial charge >= 0.3 is 0 Å². The highest BCUT2D eigenvalue weighted by molar-refractivity contribution is 6.09. The molecule has 122 valence electrons. The minimum absolute atomic E-state index is 0.00369. The molecule has 0 aliphatic rings. The molecule has 0 atom stereocenters. The number of aromatic nitrogens is 1. The molecule has 4 nitrogen and oxygen atoms in total. The minimum atomic E-state index is -0.225. The maximum Gasteiger partial charge on any atom is 0.258 e. The van der Waals surface area contributed by atoms with E-state index in [4.69, 9.17) is 0 Å². The van der Waals surface area contributed by atoms with Gasteiger partial charge in [0.15, 0.2) is 0 Å². The SMILES string of the molecule is CC(C)c1c(C(=O)Nc2ccccc2)c(-c2ccccc2)cn1O. The van der Waals surface area contributed by atoms with Gasteiger partial charge in [0.2, 0.25) is 0 Å².